The summed E-state index contributed by atoms with van der Waals surface area (Å²) in [7, 11) is 0. The lowest BCUT2D eigenvalue weighted by molar-refractivity contribution is -0.157. The zero-order valence-corrected chi connectivity index (χ0v) is 29.6. The second kappa shape index (κ2) is 33.1. The van der Waals surface area contributed by atoms with E-state index in [0.29, 0.717) is 0 Å². The Kier molecular flexibility index (Phi) is 30.6. The van der Waals surface area contributed by atoms with Crippen LogP contribution in [0.4, 0.5) is 0 Å². The van der Waals surface area contributed by atoms with Crippen LogP contribution in [0.15, 0.2) is 37.1 Å². The third-order valence-electron chi connectivity index (χ3n) is 9.71. The second-order valence-corrected chi connectivity index (χ2v) is 13.9. The van der Waals surface area contributed by atoms with Gasteiger partial charge in [-0.2, -0.15) is 0 Å². The number of carbonyl (C=O) groups is 1. The van der Waals surface area contributed by atoms with Gasteiger partial charge in [0.15, 0.2) is 0 Å². The van der Waals surface area contributed by atoms with Gasteiger partial charge in [0.25, 0.3) is 0 Å². The number of ether oxygens (including phenoxy) is 1. The van der Waals surface area contributed by atoms with Crippen molar-refractivity contribution in [3.63, 3.8) is 0 Å². The number of carbonyl (C=O) groups excluding carboxylic acids is 1. The molecular weight excluding hydrogens is 536 g/mol. The molecule has 1 aliphatic heterocycles. The number of hydrogen-bond acceptors (Lipinski definition) is 2. The smallest absolute Gasteiger partial charge is 0.321 e. The van der Waals surface area contributed by atoms with Gasteiger partial charge in [-0.1, -0.05) is 186 Å². The van der Waals surface area contributed by atoms with Gasteiger partial charge >= 0.3 is 5.97 Å². The van der Waals surface area contributed by atoms with Gasteiger partial charge < -0.3 is 4.74 Å². The van der Waals surface area contributed by atoms with Gasteiger partial charge in [0.05, 0.1) is 0 Å². The molecule has 1 fully saturated rings. The Morgan fingerprint density at radius 3 is 0.977 bits per heavy atom. The van der Waals surface area contributed by atoms with Crippen molar-refractivity contribution in [2.45, 2.75) is 218 Å². The Bertz CT molecular complexity index is 677. The van der Waals surface area contributed by atoms with Crippen LogP contribution in [0.25, 0.3) is 0 Å². The summed E-state index contributed by atoms with van der Waals surface area (Å²) in [6.45, 7) is 7.60. The number of hydrogen-bond donors (Lipinski definition) is 0. The van der Waals surface area contributed by atoms with E-state index in [0.717, 1.165) is 18.6 Å². The maximum absolute atomic E-state index is 12.0. The fraction of sp³-hybridized carbons (Fsp3) is 0.833. The van der Waals surface area contributed by atoms with E-state index >= 15 is 0 Å². The van der Waals surface area contributed by atoms with Crippen LogP contribution in [-0.4, -0.2) is 5.97 Å². The summed E-state index contributed by atoms with van der Waals surface area (Å²) in [5.41, 5.74) is 0. The van der Waals surface area contributed by atoms with Crippen LogP contribution in [0, 0.1) is 5.92 Å². The Hall–Kier alpha value is -1.31. The van der Waals surface area contributed by atoms with Crippen LogP contribution in [0.2, 0.25) is 0 Å². The molecule has 1 rings (SSSR count). The summed E-state index contributed by atoms with van der Waals surface area (Å²) < 4.78 is 5.38. The molecule has 1 heterocycles. The summed E-state index contributed by atoms with van der Waals surface area (Å²) in [5, 5.41) is 0. The minimum absolute atomic E-state index is 0.0168. The van der Waals surface area contributed by atoms with E-state index in [1.54, 1.807) is 0 Å². The van der Waals surface area contributed by atoms with Gasteiger partial charge in [0.2, 0.25) is 0 Å². The number of esters is 1. The first-order valence-electron chi connectivity index (χ1n) is 19.9. The van der Waals surface area contributed by atoms with Crippen molar-refractivity contribution >= 4 is 5.97 Å². The summed E-state index contributed by atoms with van der Waals surface area (Å²) >= 11 is 0. The normalized spacial score (nSPS) is 15.4. The molecule has 1 aliphatic rings. The molecule has 1 unspecified atom stereocenters. The van der Waals surface area contributed by atoms with Crippen LogP contribution in [-0.2, 0) is 9.53 Å². The Morgan fingerprint density at radius 2 is 0.682 bits per heavy atom. The predicted molar refractivity (Wildman–Crippen MR) is 195 cm³/mol. The maximum atomic E-state index is 12.0. The molecule has 0 radical (unpaired) electrons. The van der Waals surface area contributed by atoms with Gasteiger partial charge in [0, 0.05) is 0 Å². The topological polar surface area (TPSA) is 26.3 Å². The van der Waals surface area contributed by atoms with E-state index in [1.165, 1.54) is 205 Å². The van der Waals surface area contributed by atoms with Crippen molar-refractivity contribution < 1.29 is 9.53 Å². The highest BCUT2D eigenvalue weighted by Crippen LogP contribution is 2.32. The zero-order valence-electron chi connectivity index (χ0n) is 29.6. The Morgan fingerprint density at radius 1 is 0.409 bits per heavy atom. The Balaban J connectivity index is 1.81. The molecule has 0 amide bonds. The Labute approximate surface area is 276 Å². The lowest BCUT2D eigenvalue weighted by Crippen LogP contribution is -2.32. The molecule has 44 heavy (non-hydrogen) atoms. The lowest BCUT2D eigenvalue weighted by atomic mass is 9.93. The summed E-state index contributed by atoms with van der Waals surface area (Å²) in [5.74, 6) is 1.07. The monoisotopic (exact) mass is 613 g/mol. The highest BCUT2D eigenvalue weighted by molar-refractivity contribution is 5.82. The molecule has 256 valence electrons. The standard InChI is InChI=1S/C42H76O2/c1-3-5-7-9-11-13-15-17-19-21-23-25-27-29-31-33-35-37-39-41-40(42(43)44-41)38-36-34-32-30-28-26-24-22-20-18-16-14-12-10-8-6-4-2/h3-4,39-40H,1-2,5-38H2/b41-39+. The molecule has 0 spiro atoms. The van der Waals surface area contributed by atoms with Gasteiger partial charge in [-0.25, -0.2) is 0 Å². The van der Waals surface area contributed by atoms with Crippen LogP contribution >= 0.6 is 0 Å². The molecule has 1 atom stereocenters. The minimum atomic E-state index is 0.0168. The first-order chi connectivity index (χ1) is 21.8. The third-order valence-corrected chi connectivity index (χ3v) is 9.71. The molecule has 0 aromatic rings. The average Bonchev–Trinajstić information content (AvgIpc) is 3.03. The second-order valence-electron chi connectivity index (χ2n) is 13.9. The lowest BCUT2D eigenvalue weighted by Gasteiger charge is -2.28. The number of allylic oxidation sites excluding steroid dienone is 3. The summed E-state index contributed by atoms with van der Waals surface area (Å²) in [6.07, 6.45) is 52.1. The van der Waals surface area contributed by atoms with E-state index in [4.69, 9.17) is 4.74 Å². The molecule has 0 aromatic heterocycles. The minimum Gasteiger partial charge on any atom is -0.430 e. The van der Waals surface area contributed by atoms with Gasteiger partial charge in [-0.15, -0.1) is 13.2 Å². The van der Waals surface area contributed by atoms with E-state index in [9.17, 15) is 4.79 Å². The average molecular weight is 613 g/mol. The highest BCUT2D eigenvalue weighted by atomic mass is 16.6. The van der Waals surface area contributed by atoms with Crippen molar-refractivity contribution in [1.29, 1.82) is 0 Å². The molecule has 0 aromatic carbocycles. The maximum Gasteiger partial charge on any atom is 0.321 e. The van der Waals surface area contributed by atoms with Crippen molar-refractivity contribution in [2.24, 2.45) is 5.92 Å². The molecule has 2 heteroatoms. The van der Waals surface area contributed by atoms with Crippen molar-refractivity contribution in [2.75, 3.05) is 0 Å². The number of rotatable bonds is 36. The van der Waals surface area contributed by atoms with Crippen LogP contribution in [0.5, 0.6) is 0 Å². The van der Waals surface area contributed by atoms with Crippen molar-refractivity contribution in [3.05, 3.63) is 37.1 Å². The predicted octanol–water partition coefficient (Wildman–Crippen LogP) is 14.7. The third kappa shape index (κ3) is 26.0. The molecular formula is C42H76O2. The number of unbranched alkanes of at least 4 members (excludes halogenated alkanes) is 31. The molecule has 0 N–H and O–H groups in total. The van der Waals surface area contributed by atoms with Crippen LogP contribution in [0.1, 0.15) is 218 Å². The van der Waals surface area contributed by atoms with E-state index in [1.807, 2.05) is 12.2 Å². The summed E-state index contributed by atoms with van der Waals surface area (Å²) in [6, 6.07) is 0. The van der Waals surface area contributed by atoms with E-state index < -0.39 is 0 Å². The number of cyclic esters (lactones) is 1. The fourth-order valence-corrected chi connectivity index (χ4v) is 6.67. The fourth-order valence-electron chi connectivity index (χ4n) is 6.67. The molecule has 0 saturated carbocycles. The largest absolute Gasteiger partial charge is 0.430 e. The first kappa shape index (κ1) is 40.7. The van der Waals surface area contributed by atoms with E-state index in [2.05, 4.69) is 19.2 Å². The first-order valence-corrected chi connectivity index (χ1v) is 19.9. The van der Waals surface area contributed by atoms with Gasteiger partial charge in [-0.3, -0.25) is 4.79 Å². The molecule has 2 nitrogen and oxygen atoms in total. The van der Waals surface area contributed by atoms with Crippen LogP contribution in [0.3, 0.4) is 0 Å². The molecule has 1 saturated heterocycles. The van der Waals surface area contributed by atoms with Crippen molar-refractivity contribution in [3.8, 4) is 0 Å². The molecule has 0 bridgehead atoms. The highest BCUT2D eigenvalue weighted by Gasteiger charge is 2.36. The zero-order chi connectivity index (χ0) is 31.6. The van der Waals surface area contributed by atoms with Crippen molar-refractivity contribution in [1.82, 2.24) is 0 Å². The quantitative estimate of drug-likeness (QED) is 0.0400. The molecule has 0 aliphatic carbocycles. The van der Waals surface area contributed by atoms with Crippen LogP contribution < -0.4 is 0 Å². The van der Waals surface area contributed by atoms with Gasteiger partial charge in [-0.05, 0) is 51.0 Å². The SMILES string of the molecule is C=CCCCCCCCCCCCCCCCCC/C=C1/OC(=O)C1CCCCCCCCCCCCCCCCCC=C. The van der Waals surface area contributed by atoms with Gasteiger partial charge in [0.1, 0.15) is 11.7 Å². The summed E-state index contributed by atoms with van der Waals surface area (Å²) in [4.78, 5) is 12.0. The van der Waals surface area contributed by atoms with E-state index in [-0.39, 0.29) is 11.9 Å².